The molecule has 2 rings (SSSR count). The van der Waals surface area contributed by atoms with Crippen LogP contribution in [0.3, 0.4) is 0 Å². The number of nitrogens with one attached hydrogen (secondary N) is 1. The van der Waals surface area contributed by atoms with Crippen molar-refractivity contribution in [1.82, 2.24) is 0 Å². The number of aryl methyl sites for hydroxylation is 1. The highest BCUT2D eigenvalue weighted by Crippen LogP contribution is 2.16. The van der Waals surface area contributed by atoms with Gasteiger partial charge in [0, 0.05) is 0 Å². The number of anilines is 1. The molecule has 0 spiro atoms. The minimum Gasteiger partial charge on any atom is -0.278 e. The molecule has 0 aliphatic heterocycles. The normalized spacial score (nSPS) is 10.8. The largest absolute Gasteiger partial charge is 0.278 e. The first-order chi connectivity index (χ1) is 8.66. The van der Waals surface area contributed by atoms with Gasteiger partial charge in [-0.1, -0.05) is 24.3 Å². The van der Waals surface area contributed by atoms with Crippen LogP contribution in [0.1, 0.15) is 11.1 Å². The van der Waals surface area contributed by atoms with Crippen molar-refractivity contribution >= 4 is 27.8 Å². The van der Waals surface area contributed by atoms with Crippen LogP contribution in [0.2, 0.25) is 0 Å². The summed E-state index contributed by atoms with van der Waals surface area (Å²) >= 11 is 3.14. The van der Waals surface area contributed by atoms with Crippen molar-refractivity contribution < 1.29 is 4.39 Å². The molecule has 0 amide bonds. The summed E-state index contributed by atoms with van der Waals surface area (Å²) in [4.78, 5) is 0. The Kier molecular flexibility index (Phi) is 4.10. The first-order valence-corrected chi connectivity index (χ1v) is 6.26. The predicted molar refractivity (Wildman–Crippen MR) is 76.5 cm³/mol. The van der Waals surface area contributed by atoms with Gasteiger partial charge in [0.1, 0.15) is 5.82 Å². The first-order valence-electron chi connectivity index (χ1n) is 5.46. The molecule has 0 atom stereocenters. The number of benzene rings is 2. The van der Waals surface area contributed by atoms with Gasteiger partial charge in [0.25, 0.3) is 0 Å². The van der Waals surface area contributed by atoms with Crippen LogP contribution in [0.4, 0.5) is 10.1 Å². The quantitative estimate of drug-likeness (QED) is 0.662. The van der Waals surface area contributed by atoms with Crippen LogP contribution < -0.4 is 5.43 Å². The second-order valence-electron chi connectivity index (χ2n) is 3.86. The third-order valence-corrected chi connectivity index (χ3v) is 3.10. The van der Waals surface area contributed by atoms with Crippen molar-refractivity contribution in [3.63, 3.8) is 0 Å². The molecule has 0 aromatic heterocycles. The van der Waals surface area contributed by atoms with Gasteiger partial charge < -0.3 is 0 Å². The van der Waals surface area contributed by atoms with E-state index < -0.39 is 0 Å². The standard InChI is InChI=1S/C14H12BrFN2/c1-10-4-2-3-5-14(10)18-17-9-11-6-7-13(16)12(15)8-11/h2-9,18H,1H3/b17-9-. The highest BCUT2D eigenvalue weighted by molar-refractivity contribution is 9.10. The molecule has 0 heterocycles. The average Bonchev–Trinajstić information content (AvgIpc) is 2.36. The number of halogens is 2. The Morgan fingerprint density at radius 2 is 2.00 bits per heavy atom. The van der Waals surface area contributed by atoms with Gasteiger partial charge in [-0.3, -0.25) is 5.43 Å². The van der Waals surface area contributed by atoms with Crippen LogP contribution in [0, 0.1) is 12.7 Å². The number of hydrogen-bond donors (Lipinski definition) is 1. The van der Waals surface area contributed by atoms with E-state index in [2.05, 4.69) is 26.5 Å². The van der Waals surface area contributed by atoms with Crippen molar-refractivity contribution in [1.29, 1.82) is 0 Å². The summed E-state index contributed by atoms with van der Waals surface area (Å²) in [6, 6.07) is 12.6. The van der Waals surface area contributed by atoms with E-state index in [-0.39, 0.29) is 5.82 Å². The molecule has 0 aliphatic carbocycles. The van der Waals surface area contributed by atoms with Crippen LogP contribution in [-0.2, 0) is 0 Å². The molecular formula is C14H12BrFN2. The van der Waals surface area contributed by atoms with Gasteiger partial charge in [0.2, 0.25) is 0 Å². The fourth-order valence-electron chi connectivity index (χ4n) is 1.47. The summed E-state index contributed by atoms with van der Waals surface area (Å²) in [5.41, 5.74) is 5.85. The van der Waals surface area contributed by atoms with Crippen molar-refractivity contribution in [2.24, 2.45) is 5.10 Å². The summed E-state index contributed by atoms with van der Waals surface area (Å²) in [7, 11) is 0. The zero-order chi connectivity index (χ0) is 13.0. The molecule has 2 nitrogen and oxygen atoms in total. The Labute approximate surface area is 114 Å². The van der Waals surface area contributed by atoms with Gasteiger partial charge >= 0.3 is 0 Å². The lowest BCUT2D eigenvalue weighted by atomic mass is 10.2. The molecule has 0 fully saturated rings. The maximum atomic E-state index is 13.0. The van der Waals surface area contributed by atoms with Crippen molar-refractivity contribution in [2.75, 3.05) is 5.43 Å². The van der Waals surface area contributed by atoms with Crippen molar-refractivity contribution in [2.45, 2.75) is 6.92 Å². The minimum absolute atomic E-state index is 0.279. The van der Waals surface area contributed by atoms with E-state index in [1.807, 2.05) is 31.2 Å². The lowest BCUT2D eigenvalue weighted by molar-refractivity contribution is 0.621. The molecule has 0 saturated heterocycles. The molecule has 0 bridgehead atoms. The van der Waals surface area contributed by atoms with E-state index in [4.69, 9.17) is 0 Å². The van der Waals surface area contributed by atoms with Crippen LogP contribution in [0.25, 0.3) is 0 Å². The number of para-hydroxylation sites is 1. The fraction of sp³-hybridized carbons (Fsp3) is 0.0714. The zero-order valence-electron chi connectivity index (χ0n) is 9.82. The molecule has 0 saturated carbocycles. The van der Waals surface area contributed by atoms with Crippen molar-refractivity contribution in [3.05, 3.63) is 63.9 Å². The highest BCUT2D eigenvalue weighted by atomic mass is 79.9. The number of rotatable bonds is 3. The minimum atomic E-state index is -0.279. The van der Waals surface area contributed by atoms with E-state index in [9.17, 15) is 4.39 Å². The maximum Gasteiger partial charge on any atom is 0.137 e. The summed E-state index contributed by atoms with van der Waals surface area (Å²) in [6.07, 6.45) is 1.65. The van der Waals surface area contributed by atoms with Crippen molar-refractivity contribution in [3.8, 4) is 0 Å². The zero-order valence-corrected chi connectivity index (χ0v) is 11.4. The summed E-state index contributed by atoms with van der Waals surface area (Å²) < 4.78 is 13.5. The predicted octanol–water partition coefficient (Wildman–Crippen LogP) is 4.34. The van der Waals surface area contributed by atoms with Crippen LogP contribution >= 0.6 is 15.9 Å². The Bertz CT molecular complexity index is 582. The smallest absolute Gasteiger partial charge is 0.137 e. The second-order valence-corrected chi connectivity index (χ2v) is 4.71. The molecule has 4 heteroatoms. The second kappa shape index (κ2) is 5.78. The Hall–Kier alpha value is -1.68. The van der Waals surface area contributed by atoms with Crippen LogP contribution in [-0.4, -0.2) is 6.21 Å². The molecule has 1 N–H and O–H groups in total. The average molecular weight is 307 g/mol. The SMILES string of the molecule is Cc1ccccc1N/N=C\c1ccc(F)c(Br)c1. The van der Waals surface area contributed by atoms with Gasteiger partial charge in [0.05, 0.1) is 16.4 Å². The van der Waals surface area contributed by atoms with Gasteiger partial charge in [-0.25, -0.2) is 4.39 Å². The summed E-state index contributed by atoms with van der Waals surface area (Å²) in [5, 5.41) is 4.13. The Balaban J connectivity index is 2.08. The topological polar surface area (TPSA) is 24.4 Å². The lowest BCUT2D eigenvalue weighted by Crippen LogP contribution is -1.93. The lowest BCUT2D eigenvalue weighted by Gasteiger charge is -2.03. The van der Waals surface area contributed by atoms with Gasteiger partial charge in [-0.15, -0.1) is 0 Å². The summed E-state index contributed by atoms with van der Waals surface area (Å²) in [6.45, 7) is 2.01. The number of nitrogens with zero attached hydrogens (tertiary/aromatic N) is 1. The fourth-order valence-corrected chi connectivity index (χ4v) is 1.86. The Morgan fingerprint density at radius 1 is 1.22 bits per heavy atom. The van der Waals surface area contributed by atoms with E-state index in [0.717, 1.165) is 16.8 Å². The maximum absolute atomic E-state index is 13.0. The third-order valence-electron chi connectivity index (χ3n) is 2.49. The highest BCUT2D eigenvalue weighted by Gasteiger charge is 1.98. The van der Waals surface area contributed by atoms with Gasteiger partial charge in [-0.2, -0.15) is 5.10 Å². The van der Waals surface area contributed by atoms with Crippen LogP contribution in [0.15, 0.2) is 52.0 Å². The monoisotopic (exact) mass is 306 g/mol. The van der Waals surface area contributed by atoms with E-state index in [1.54, 1.807) is 18.3 Å². The molecule has 0 unspecified atom stereocenters. The molecule has 2 aromatic rings. The first kappa shape index (κ1) is 12.8. The van der Waals surface area contributed by atoms with E-state index >= 15 is 0 Å². The van der Waals surface area contributed by atoms with E-state index in [0.29, 0.717) is 4.47 Å². The number of hydrazone groups is 1. The van der Waals surface area contributed by atoms with Gasteiger partial charge in [-0.05, 0) is 52.2 Å². The molecule has 2 aromatic carbocycles. The molecule has 92 valence electrons. The third kappa shape index (κ3) is 3.17. The summed E-state index contributed by atoms with van der Waals surface area (Å²) in [5.74, 6) is -0.279. The number of hydrogen-bond acceptors (Lipinski definition) is 2. The molecule has 18 heavy (non-hydrogen) atoms. The Morgan fingerprint density at radius 3 is 2.72 bits per heavy atom. The molecule has 0 radical (unpaired) electrons. The van der Waals surface area contributed by atoms with Gasteiger partial charge in [0.15, 0.2) is 0 Å². The van der Waals surface area contributed by atoms with E-state index in [1.165, 1.54) is 6.07 Å². The molecular weight excluding hydrogens is 295 g/mol. The van der Waals surface area contributed by atoms with Crippen LogP contribution in [0.5, 0.6) is 0 Å². The molecule has 0 aliphatic rings.